The number of aromatic nitrogens is 4. The van der Waals surface area contributed by atoms with Crippen LogP contribution in [0.5, 0.6) is 0 Å². The molecule has 200 valence electrons. The van der Waals surface area contributed by atoms with Crippen molar-refractivity contribution in [3.05, 3.63) is 80.3 Å². The van der Waals surface area contributed by atoms with Crippen LogP contribution in [0, 0.1) is 0 Å². The molecule has 1 fully saturated rings. The molecular formula is C28H26Cl2N6O3. The molecule has 1 saturated carbocycles. The van der Waals surface area contributed by atoms with Gasteiger partial charge in [-0.1, -0.05) is 35.3 Å². The summed E-state index contributed by atoms with van der Waals surface area (Å²) >= 11 is 12.6. The number of carbonyl (C=O) groups excluding carboxylic acids is 1. The van der Waals surface area contributed by atoms with Crippen molar-refractivity contribution in [1.29, 1.82) is 0 Å². The molecule has 1 N–H and O–H groups in total. The Labute approximate surface area is 234 Å². The van der Waals surface area contributed by atoms with Gasteiger partial charge in [0, 0.05) is 30.4 Å². The van der Waals surface area contributed by atoms with E-state index < -0.39 is 11.2 Å². The summed E-state index contributed by atoms with van der Waals surface area (Å²) in [4.78, 5) is 36.6. The molecule has 0 saturated heterocycles. The van der Waals surface area contributed by atoms with Gasteiger partial charge in [0.25, 0.3) is 5.56 Å². The van der Waals surface area contributed by atoms with Gasteiger partial charge in [-0.25, -0.2) is 14.8 Å². The first-order chi connectivity index (χ1) is 18.5. The van der Waals surface area contributed by atoms with Gasteiger partial charge >= 0.3 is 6.09 Å². The highest BCUT2D eigenvalue weighted by Gasteiger charge is 2.50. The van der Waals surface area contributed by atoms with Gasteiger partial charge < -0.3 is 15.0 Å². The highest BCUT2D eigenvalue weighted by molar-refractivity contribution is 6.37. The number of ether oxygens (including phenoxy) is 1. The molecule has 4 aromatic rings. The molecule has 39 heavy (non-hydrogen) atoms. The largest absolute Gasteiger partial charge is 0.444 e. The van der Waals surface area contributed by atoms with Crippen LogP contribution in [0.3, 0.4) is 0 Å². The molecule has 1 aliphatic carbocycles. The van der Waals surface area contributed by atoms with Gasteiger partial charge in [0.1, 0.15) is 16.8 Å². The van der Waals surface area contributed by atoms with E-state index in [0.29, 0.717) is 40.3 Å². The van der Waals surface area contributed by atoms with Gasteiger partial charge in [-0.2, -0.15) is 9.78 Å². The minimum absolute atomic E-state index is 0.00141. The number of fused-ring (bicyclic) bond motifs is 3. The maximum atomic E-state index is 13.1. The molecule has 6 rings (SSSR count). The number of amides is 1. The fourth-order valence-electron chi connectivity index (χ4n) is 5.04. The predicted octanol–water partition coefficient (Wildman–Crippen LogP) is 6.01. The molecule has 2 aliphatic rings. The van der Waals surface area contributed by atoms with Crippen molar-refractivity contribution in [1.82, 2.24) is 24.6 Å². The Bertz CT molecular complexity index is 1670. The van der Waals surface area contributed by atoms with E-state index in [1.54, 1.807) is 23.1 Å². The Morgan fingerprint density at radius 3 is 2.54 bits per heavy atom. The maximum Gasteiger partial charge on any atom is 0.410 e. The van der Waals surface area contributed by atoms with Crippen LogP contribution >= 0.6 is 23.2 Å². The number of carbonyl (C=O) groups is 1. The molecule has 11 heteroatoms. The van der Waals surface area contributed by atoms with Crippen molar-refractivity contribution in [2.24, 2.45) is 0 Å². The third kappa shape index (κ3) is 4.81. The minimum Gasteiger partial charge on any atom is -0.444 e. The lowest BCUT2D eigenvalue weighted by molar-refractivity contribution is 0.0197. The number of hydrogen-bond acceptors (Lipinski definition) is 7. The second kappa shape index (κ2) is 9.20. The number of nitrogens with one attached hydrogen (secondary N) is 1. The summed E-state index contributed by atoms with van der Waals surface area (Å²) in [5.41, 5.74) is 2.81. The monoisotopic (exact) mass is 564 g/mol. The van der Waals surface area contributed by atoms with Crippen LogP contribution in [0.15, 0.2) is 53.6 Å². The molecule has 9 nitrogen and oxygen atoms in total. The summed E-state index contributed by atoms with van der Waals surface area (Å²) in [7, 11) is 0. The predicted molar refractivity (Wildman–Crippen MR) is 150 cm³/mol. The summed E-state index contributed by atoms with van der Waals surface area (Å²) in [6, 6.07) is 11.1. The third-order valence-electron chi connectivity index (χ3n) is 6.98. The van der Waals surface area contributed by atoms with Crippen LogP contribution in [0.4, 0.5) is 16.4 Å². The summed E-state index contributed by atoms with van der Waals surface area (Å²) in [5, 5.41) is 8.36. The van der Waals surface area contributed by atoms with Crippen molar-refractivity contribution < 1.29 is 9.53 Å². The molecule has 0 atom stereocenters. The van der Waals surface area contributed by atoms with Crippen molar-refractivity contribution in [2.75, 3.05) is 11.9 Å². The zero-order valence-electron chi connectivity index (χ0n) is 21.7. The second-order valence-corrected chi connectivity index (χ2v) is 11.9. The Balaban J connectivity index is 1.28. The van der Waals surface area contributed by atoms with Crippen LogP contribution in [0.1, 0.15) is 44.7 Å². The quantitative estimate of drug-likeness (QED) is 0.325. The highest BCUT2D eigenvalue weighted by Crippen LogP contribution is 2.53. The van der Waals surface area contributed by atoms with Crippen LogP contribution in [0.2, 0.25) is 10.0 Å². The fourth-order valence-corrected chi connectivity index (χ4v) is 5.60. The van der Waals surface area contributed by atoms with E-state index in [0.717, 1.165) is 28.8 Å². The van der Waals surface area contributed by atoms with Gasteiger partial charge in [0.05, 0.1) is 21.6 Å². The van der Waals surface area contributed by atoms with E-state index in [9.17, 15) is 9.59 Å². The lowest BCUT2D eigenvalue weighted by Crippen LogP contribution is -2.44. The van der Waals surface area contributed by atoms with E-state index in [4.69, 9.17) is 27.9 Å². The smallest absolute Gasteiger partial charge is 0.410 e. The molecule has 2 aromatic heterocycles. The van der Waals surface area contributed by atoms with Crippen LogP contribution in [-0.4, -0.2) is 42.9 Å². The first-order valence-corrected chi connectivity index (χ1v) is 13.4. The van der Waals surface area contributed by atoms with E-state index in [1.807, 2.05) is 32.9 Å². The molecule has 1 aliphatic heterocycles. The van der Waals surface area contributed by atoms with Gasteiger partial charge in [0.2, 0.25) is 5.95 Å². The Morgan fingerprint density at radius 2 is 1.85 bits per heavy atom. The SMILES string of the molecule is CC(C)(C)OC(=O)N1Cc2cc(Nc3ncc4c(=O)n(-c5c(Cl)cccc5Cl)ncc4n3)ccc2C2(CC2)C1. The topological polar surface area (TPSA) is 102 Å². The average molecular weight is 565 g/mol. The summed E-state index contributed by atoms with van der Waals surface area (Å²) in [6.07, 6.45) is 4.73. The Hall–Kier alpha value is -3.69. The normalized spacial score (nSPS) is 15.8. The van der Waals surface area contributed by atoms with Crippen LogP contribution in [0.25, 0.3) is 16.6 Å². The third-order valence-corrected chi connectivity index (χ3v) is 7.59. The second-order valence-electron chi connectivity index (χ2n) is 11.0. The summed E-state index contributed by atoms with van der Waals surface area (Å²) < 4.78 is 6.79. The first kappa shape index (κ1) is 25.6. The van der Waals surface area contributed by atoms with Gasteiger partial charge in [-0.15, -0.1) is 0 Å². The van der Waals surface area contributed by atoms with Gasteiger partial charge in [0.15, 0.2) is 0 Å². The number of benzene rings is 2. The molecule has 1 spiro atoms. The number of para-hydroxylation sites is 1. The van der Waals surface area contributed by atoms with E-state index in [1.165, 1.54) is 18.0 Å². The Morgan fingerprint density at radius 1 is 1.10 bits per heavy atom. The van der Waals surface area contributed by atoms with Crippen molar-refractivity contribution in [3.63, 3.8) is 0 Å². The number of hydrogen-bond donors (Lipinski definition) is 1. The number of halogens is 2. The molecule has 1 amide bonds. The summed E-state index contributed by atoms with van der Waals surface area (Å²) in [6.45, 7) is 6.75. The molecule has 0 unspecified atom stereocenters. The molecule has 2 aromatic carbocycles. The number of rotatable bonds is 3. The number of nitrogens with zero attached hydrogens (tertiary/aromatic N) is 5. The van der Waals surface area contributed by atoms with Crippen LogP contribution < -0.4 is 10.9 Å². The van der Waals surface area contributed by atoms with Crippen LogP contribution in [-0.2, 0) is 16.7 Å². The van der Waals surface area contributed by atoms with E-state index in [-0.39, 0.29) is 16.9 Å². The zero-order valence-corrected chi connectivity index (χ0v) is 23.2. The van der Waals surface area contributed by atoms with Gasteiger partial charge in [-0.05, 0) is 69.0 Å². The van der Waals surface area contributed by atoms with E-state index in [2.05, 4.69) is 26.4 Å². The standard InChI is InChI=1S/C28H26Cl2N6O3/c1-27(2,3)39-26(38)35-14-16-11-17(7-8-19(16)28(15-35)9-10-28)33-25-31-12-18-22(34-25)13-32-36(24(18)37)23-20(29)5-4-6-21(23)30/h4-8,11-13H,9-10,14-15H2,1-3H3,(H,31,33,34). The maximum absolute atomic E-state index is 13.1. The first-order valence-electron chi connectivity index (χ1n) is 12.6. The lowest BCUT2D eigenvalue weighted by atomic mass is 9.87. The Kier molecular flexibility index (Phi) is 6.04. The molecule has 0 bridgehead atoms. The molecular weight excluding hydrogens is 539 g/mol. The fraction of sp³-hybridized carbons (Fsp3) is 0.321. The number of anilines is 2. The van der Waals surface area contributed by atoms with Crippen molar-refractivity contribution in [2.45, 2.75) is 51.2 Å². The zero-order chi connectivity index (χ0) is 27.5. The molecule has 3 heterocycles. The highest BCUT2D eigenvalue weighted by atomic mass is 35.5. The minimum atomic E-state index is -0.553. The van der Waals surface area contributed by atoms with Gasteiger partial charge in [-0.3, -0.25) is 4.79 Å². The van der Waals surface area contributed by atoms with Crippen molar-refractivity contribution in [3.8, 4) is 5.69 Å². The van der Waals surface area contributed by atoms with Crippen molar-refractivity contribution >= 4 is 51.8 Å². The summed E-state index contributed by atoms with van der Waals surface area (Å²) in [5.74, 6) is 0.318. The van der Waals surface area contributed by atoms with E-state index >= 15 is 0 Å². The average Bonchev–Trinajstić information content (AvgIpc) is 3.63. The lowest BCUT2D eigenvalue weighted by Gasteiger charge is -2.36. The molecule has 0 radical (unpaired) electrons.